The van der Waals surface area contributed by atoms with Crippen LogP contribution < -0.4 is 16.6 Å². The van der Waals surface area contributed by atoms with E-state index in [2.05, 4.69) is 20.7 Å². The van der Waals surface area contributed by atoms with Crippen molar-refractivity contribution in [3.63, 3.8) is 0 Å². The van der Waals surface area contributed by atoms with Gasteiger partial charge in [0.2, 0.25) is 5.95 Å². The van der Waals surface area contributed by atoms with Crippen molar-refractivity contribution < 1.29 is 5.11 Å². The van der Waals surface area contributed by atoms with Gasteiger partial charge < -0.3 is 10.4 Å². The highest BCUT2D eigenvalue weighted by Gasteiger charge is 2.20. The number of nitrogen functional groups attached to an aromatic ring is 1. The zero-order valence-corrected chi connectivity index (χ0v) is 9.98. The van der Waals surface area contributed by atoms with E-state index in [1.165, 1.54) is 0 Å². The Morgan fingerprint density at radius 3 is 2.71 bits per heavy atom. The first-order valence-electron chi connectivity index (χ1n) is 5.94. The van der Waals surface area contributed by atoms with Crippen LogP contribution in [-0.4, -0.2) is 27.2 Å². The van der Waals surface area contributed by atoms with Crippen LogP contribution in [0.15, 0.2) is 6.20 Å². The molecule has 0 unspecified atom stereocenters. The fourth-order valence-corrected chi connectivity index (χ4v) is 2.07. The predicted molar refractivity (Wildman–Crippen MR) is 66.5 cm³/mol. The summed E-state index contributed by atoms with van der Waals surface area (Å²) in [4.78, 5) is 8.32. The Bertz CT molecular complexity index is 376. The zero-order chi connectivity index (χ0) is 12.3. The molecular formula is C11H19N5O. The van der Waals surface area contributed by atoms with Crippen molar-refractivity contribution in [2.75, 3.05) is 10.7 Å². The van der Waals surface area contributed by atoms with Gasteiger partial charge in [-0.25, -0.2) is 10.8 Å². The van der Waals surface area contributed by atoms with Gasteiger partial charge in [0, 0.05) is 17.8 Å². The van der Waals surface area contributed by atoms with E-state index in [-0.39, 0.29) is 6.10 Å². The Hall–Kier alpha value is -1.40. The van der Waals surface area contributed by atoms with Crippen LogP contribution in [0.3, 0.4) is 0 Å². The molecule has 94 valence electrons. The number of aliphatic hydroxyl groups excluding tert-OH is 1. The first-order chi connectivity index (χ1) is 8.19. The van der Waals surface area contributed by atoms with Crippen LogP contribution in [0.4, 0.5) is 11.8 Å². The number of rotatable bonds is 3. The van der Waals surface area contributed by atoms with E-state index in [0.29, 0.717) is 12.0 Å². The lowest BCUT2D eigenvalue weighted by atomic mass is 9.93. The topological polar surface area (TPSA) is 96.1 Å². The molecule has 17 heavy (non-hydrogen) atoms. The summed E-state index contributed by atoms with van der Waals surface area (Å²) in [5, 5.41) is 12.8. The molecule has 1 aromatic rings. The van der Waals surface area contributed by atoms with E-state index in [1.807, 2.05) is 6.92 Å². The van der Waals surface area contributed by atoms with Gasteiger partial charge in [-0.05, 0) is 32.6 Å². The minimum absolute atomic E-state index is 0.138. The van der Waals surface area contributed by atoms with E-state index < -0.39 is 0 Å². The van der Waals surface area contributed by atoms with Crippen LogP contribution in [0, 0.1) is 6.92 Å². The van der Waals surface area contributed by atoms with Gasteiger partial charge >= 0.3 is 0 Å². The van der Waals surface area contributed by atoms with E-state index in [4.69, 9.17) is 5.84 Å². The summed E-state index contributed by atoms with van der Waals surface area (Å²) < 4.78 is 0. The third-order valence-corrected chi connectivity index (χ3v) is 3.14. The van der Waals surface area contributed by atoms with E-state index >= 15 is 0 Å². The van der Waals surface area contributed by atoms with Gasteiger partial charge in [0.05, 0.1) is 6.10 Å². The highest BCUT2D eigenvalue weighted by atomic mass is 16.3. The highest BCUT2D eigenvalue weighted by molar-refractivity contribution is 5.46. The first kappa shape index (κ1) is 12.1. The summed E-state index contributed by atoms with van der Waals surface area (Å²) in [6, 6.07) is 0.373. The van der Waals surface area contributed by atoms with E-state index in [1.54, 1.807) is 6.20 Å². The normalized spacial score (nSPS) is 24.4. The molecule has 0 saturated heterocycles. The maximum Gasteiger partial charge on any atom is 0.239 e. The zero-order valence-electron chi connectivity index (χ0n) is 9.98. The first-order valence-corrected chi connectivity index (χ1v) is 5.94. The SMILES string of the molecule is Cc1cnc(NN)nc1NC1CCC(O)CC1. The van der Waals surface area contributed by atoms with Crippen molar-refractivity contribution in [1.29, 1.82) is 0 Å². The third kappa shape index (κ3) is 3.04. The number of hydrogen-bond acceptors (Lipinski definition) is 6. The van der Waals surface area contributed by atoms with Crippen LogP contribution in [-0.2, 0) is 0 Å². The van der Waals surface area contributed by atoms with Crippen molar-refractivity contribution in [1.82, 2.24) is 9.97 Å². The van der Waals surface area contributed by atoms with E-state index in [9.17, 15) is 5.11 Å². The second-order valence-corrected chi connectivity index (χ2v) is 4.52. The van der Waals surface area contributed by atoms with Crippen LogP contribution >= 0.6 is 0 Å². The molecule has 5 N–H and O–H groups in total. The summed E-state index contributed by atoms with van der Waals surface area (Å²) in [5.41, 5.74) is 3.43. The Balaban J connectivity index is 2.02. The van der Waals surface area contributed by atoms with Gasteiger partial charge in [-0.1, -0.05) is 0 Å². The maximum absolute atomic E-state index is 9.45. The second kappa shape index (κ2) is 5.29. The lowest BCUT2D eigenvalue weighted by molar-refractivity contribution is 0.126. The van der Waals surface area contributed by atoms with Gasteiger partial charge in [-0.2, -0.15) is 4.98 Å². The lowest BCUT2D eigenvalue weighted by Gasteiger charge is -2.27. The Morgan fingerprint density at radius 2 is 2.06 bits per heavy atom. The lowest BCUT2D eigenvalue weighted by Crippen LogP contribution is -2.29. The number of aryl methyl sites for hydroxylation is 1. The molecule has 1 fully saturated rings. The number of hydrogen-bond donors (Lipinski definition) is 4. The molecule has 1 aliphatic carbocycles. The molecule has 1 aromatic heterocycles. The largest absolute Gasteiger partial charge is 0.393 e. The fraction of sp³-hybridized carbons (Fsp3) is 0.636. The summed E-state index contributed by atoms with van der Waals surface area (Å²) in [7, 11) is 0. The molecule has 1 saturated carbocycles. The molecule has 0 spiro atoms. The van der Waals surface area contributed by atoms with Gasteiger partial charge in [0.1, 0.15) is 5.82 Å². The Labute approximate surface area is 101 Å². The standard InChI is InChI=1S/C11H19N5O/c1-7-6-13-11(16-12)15-10(7)14-8-2-4-9(17)5-3-8/h6,8-9,17H,2-5,12H2,1H3,(H2,13,14,15,16). The smallest absolute Gasteiger partial charge is 0.239 e. The Morgan fingerprint density at radius 1 is 1.35 bits per heavy atom. The van der Waals surface area contributed by atoms with Crippen LogP contribution in [0.25, 0.3) is 0 Å². The van der Waals surface area contributed by atoms with Crippen LogP contribution in [0.2, 0.25) is 0 Å². The predicted octanol–water partition coefficient (Wildman–Crippen LogP) is 0.786. The summed E-state index contributed by atoms with van der Waals surface area (Å²) in [6.45, 7) is 1.96. The number of hydrazine groups is 1. The van der Waals surface area contributed by atoms with Gasteiger partial charge in [0.15, 0.2) is 0 Å². The number of nitrogens with two attached hydrogens (primary N) is 1. The molecule has 2 rings (SSSR count). The highest BCUT2D eigenvalue weighted by Crippen LogP contribution is 2.22. The van der Waals surface area contributed by atoms with Crippen molar-refractivity contribution in [3.8, 4) is 0 Å². The van der Waals surface area contributed by atoms with Gasteiger partial charge in [-0.15, -0.1) is 0 Å². The van der Waals surface area contributed by atoms with Crippen molar-refractivity contribution in [2.45, 2.75) is 44.8 Å². The minimum atomic E-state index is -0.138. The molecule has 0 amide bonds. The number of nitrogens with zero attached hydrogens (tertiary/aromatic N) is 2. The summed E-state index contributed by atoms with van der Waals surface area (Å²) >= 11 is 0. The van der Waals surface area contributed by atoms with Crippen LogP contribution in [0.5, 0.6) is 0 Å². The number of aliphatic hydroxyl groups is 1. The number of nitrogens with one attached hydrogen (secondary N) is 2. The van der Waals surface area contributed by atoms with E-state index in [0.717, 1.165) is 37.1 Å². The molecule has 0 radical (unpaired) electrons. The number of anilines is 2. The average Bonchev–Trinajstić information content (AvgIpc) is 2.35. The molecule has 0 atom stereocenters. The molecule has 0 aliphatic heterocycles. The van der Waals surface area contributed by atoms with Gasteiger partial charge in [-0.3, -0.25) is 5.43 Å². The number of aromatic nitrogens is 2. The maximum atomic E-state index is 9.45. The molecule has 1 heterocycles. The minimum Gasteiger partial charge on any atom is -0.393 e. The fourth-order valence-electron chi connectivity index (χ4n) is 2.07. The summed E-state index contributed by atoms with van der Waals surface area (Å²) in [6.07, 6.45) is 5.24. The quantitative estimate of drug-likeness (QED) is 0.458. The Kier molecular flexibility index (Phi) is 3.75. The third-order valence-electron chi connectivity index (χ3n) is 3.14. The molecule has 6 heteroatoms. The molecule has 1 aliphatic rings. The second-order valence-electron chi connectivity index (χ2n) is 4.52. The molecule has 0 aromatic carbocycles. The summed E-state index contributed by atoms with van der Waals surface area (Å²) in [5.74, 6) is 6.51. The molecular weight excluding hydrogens is 218 g/mol. The monoisotopic (exact) mass is 237 g/mol. The van der Waals surface area contributed by atoms with Gasteiger partial charge in [0.25, 0.3) is 0 Å². The average molecular weight is 237 g/mol. The van der Waals surface area contributed by atoms with Crippen LogP contribution in [0.1, 0.15) is 31.2 Å². The molecule has 6 nitrogen and oxygen atoms in total. The van der Waals surface area contributed by atoms with Crippen molar-refractivity contribution in [2.24, 2.45) is 5.84 Å². The van der Waals surface area contributed by atoms with Crippen molar-refractivity contribution >= 4 is 11.8 Å². The van der Waals surface area contributed by atoms with Crippen molar-refractivity contribution in [3.05, 3.63) is 11.8 Å². The molecule has 0 bridgehead atoms.